The molecule has 1 aromatic carbocycles. The summed E-state index contributed by atoms with van der Waals surface area (Å²) >= 11 is 0. The zero-order valence-corrected chi connectivity index (χ0v) is 11.2. The summed E-state index contributed by atoms with van der Waals surface area (Å²) in [6.07, 6.45) is -4.16. The maximum Gasteiger partial charge on any atom is 0.391 e. The average molecular weight is 305 g/mol. The van der Waals surface area contributed by atoms with Crippen molar-refractivity contribution in [3.8, 4) is 0 Å². The minimum atomic E-state index is -4.17. The number of carbonyl (C=O) groups is 1. The van der Waals surface area contributed by atoms with Gasteiger partial charge in [-0.25, -0.2) is 9.18 Å². The number of piperidine rings is 1. The molecule has 1 heterocycles. The van der Waals surface area contributed by atoms with Crippen LogP contribution in [0.1, 0.15) is 28.8 Å². The Kier molecular flexibility index (Phi) is 4.51. The lowest BCUT2D eigenvalue weighted by Crippen LogP contribution is -2.38. The van der Waals surface area contributed by atoms with Gasteiger partial charge in [0, 0.05) is 6.54 Å². The third kappa shape index (κ3) is 3.93. The second kappa shape index (κ2) is 6.01. The molecule has 0 spiro atoms. The quantitative estimate of drug-likeness (QED) is 0.871. The first-order valence-electron chi connectivity index (χ1n) is 6.58. The molecule has 1 aromatic rings. The van der Waals surface area contributed by atoms with Crippen LogP contribution in [0, 0.1) is 11.7 Å². The van der Waals surface area contributed by atoms with Gasteiger partial charge in [-0.2, -0.15) is 13.2 Å². The molecule has 1 fully saturated rings. The smallest absolute Gasteiger partial charge is 0.391 e. The van der Waals surface area contributed by atoms with E-state index in [1.54, 1.807) is 4.90 Å². The van der Waals surface area contributed by atoms with E-state index in [0.29, 0.717) is 5.56 Å². The van der Waals surface area contributed by atoms with Crippen LogP contribution < -0.4 is 0 Å². The highest BCUT2D eigenvalue weighted by Crippen LogP contribution is 2.34. The van der Waals surface area contributed by atoms with Crippen LogP contribution in [0.25, 0.3) is 0 Å². The zero-order valence-electron chi connectivity index (χ0n) is 11.2. The summed E-state index contributed by atoms with van der Waals surface area (Å²) < 4.78 is 50.8. The summed E-state index contributed by atoms with van der Waals surface area (Å²) in [5.74, 6) is -3.18. The van der Waals surface area contributed by atoms with Crippen LogP contribution >= 0.6 is 0 Å². The highest BCUT2D eigenvalue weighted by molar-refractivity contribution is 5.89. The Bertz CT molecular complexity index is 522. The SMILES string of the molecule is O=C(O)c1cc(F)ccc1CN1CCC(C(F)(F)F)CC1. The van der Waals surface area contributed by atoms with E-state index in [4.69, 9.17) is 5.11 Å². The number of aromatic carboxylic acids is 1. The van der Waals surface area contributed by atoms with Crippen LogP contribution in [-0.4, -0.2) is 35.2 Å². The molecule has 1 saturated heterocycles. The molecule has 1 N–H and O–H groups in total. The molecule has 0 bridgehead atoms. The van der Waals surface area contributed by atoms with Crippen molar-refractivity contribution in [3.05, 3.63) is 35.1 Å². The summed E-state index contributed by atoms with van der Waals surface area (Å²) in [7, 11) is 0. The van der Waals surface area contributed by atoms with Gasteiger partial charge in [-0.05, 0) is 43.6 Å². The number of likely N-dealkylation sites (tertiary alicyclic amines) is 1. The molecule has 7 heteroatoms. The molecular formula is C14H15F4NO2. The molecule has 0 aliphatic carbocycles. The zero-order chi connectivity index (χ0) is 15.6. The van der Waals surface area contributed by atoms with Crippen molar-refractivity contribution in [1.82, 2.24) is 4.90 Å². The summed E-state index contributed by atoms with van der Waals surface area (Å²) in [5, 5.41) is 9.03. The van der Waals surface area contributed by atoms with E-state index in [9.17, 15) is 22.4 Å². The van der Waals surface area contributed by atoms with E-state index in [-0.39, 0.29) is 38.0 Å². The molecule has 1 aliphatic heterocycles. The number of hydrogen-bond donors (Lipinski definition) is 1. The standard InChI is InChI=1S/C14H15F4NO2/c15-11-2-1-9(12(7-11)13(20)21)8-19-5-3-10(4-6-19)14(16,17)18/h1-2,7,10H,3-6,8H2,(H,20,21). The molecule has 0 atom stereocenters. The Morgan fingerprint density at radius 3 is 2.43 bits per heavy atom. The van der Waals surface area contributed by atoms with E-state index in [1.807, 2.05) is 0 Å². The van der Waals surface area contributed by atoms with Crippen LogP contribution in [0.2, 0.25) is 0 Å². The predicted octanol–water partition coefficient (Wildman–Crippen LogP) is 3.30. The lowest BCUT2D eigenvalue weighted by atomic mass is 9.95. The van der Waals surface area contributed by atoms with Crippen molar-refractivity contribution in [2.45, 2.75) is 25.6 Å². The number of carboxylic acid groups (broad SMARTS) is 1. The van der Waals surface area contributed by atoms with E-state index in [2.05, 4.69) is 0 Å². The Labute approximate surface area is 119 Å². The number of carboxylic acids is 1. The molecule has 21 heavy (non-hydrogen) atoms. The molecule has 1 aliphatic rings. The van der Waals surface area contributed by atoms with Crippen molar-refractivity contribution in [3.63, 3.8) is 0 Å². The van der Waals surface area contributed by atoms with Gasteiger partial charge in [0.25, 0.3) is 0 Å². The Balaban J connectivity index is 2.03. The minimum absolute atomic E-state index is 0.00704. The Morgan fingerprint density at radius 2 is 1.90 bits per heavy atom. The fourth-order valence-corrected chi connectivity index (χ4v) is 2.54. The average Bonchev–Trinajstić information content (AvgIpc) is 2.40. The van der Waals surface area contributed by atoms with Gasteiger partial charge in [-0.3, -0.25) is 4.90 Å². The number of alkyl halides is 3. The Hall–Kier alpha value is -1.63. The molecule has 3 nitrogen and oxygen atoms in total. The van der Waals surface area contributed by atoms with Crippen LogP contribution in [0.3, 0.4) is 0 Å². The second-order valence-corrected chi connectivity index (χ2v) is 5.20. The van der Waals surface area contributed by atoms with Crippen molar-refractivity contribution in [2.75, 3.05) is 13.1 Å². The van der Waals surface area contributed by atoms with E-state index >= 15 is 0 Å². The normalized spacial score (nSPS) is 17.9. The monoisotopic (exact) mass is 305 g/mol. The van der Waals surface area contributed by atoms with E-state index in [1.165, 1.54) is 6.07 Å². The Morgan fingerprint density at radius 1 is 1.29 bits per heavy atom. The van der Waals surface area contributed by atoms with Gasteiger partial charge in [0.05, 0.1) is 11.5 Å². The lowest BCUT2D eigenvalue weighted by Gasteiger charge is -2.33. The molecule has 0 unspecified atom stereocenters. The van der Waals surface area contributed by atoms with Gasteiger partial charge in [0.1, 0.15) is 5.82 Å². The molecular weight excluding hydrogens is 290 g/mol. The molecule has 2 rings (SSSR count). The molecule has 0 saturated carbocycles. The number of nitrogens with zero attached hydrogens (tertiary/aromatic N) is 1. The van der Waals surface area contributed by atoms with Crippen molar-refractivity contribution >= 4 is 5.97 Å². The first kappa shape index (κ1) is 15.8. The summed E-state index contributed by atoms with van der Waals surface area (Å²) in [5.41, 5.74) is 0.266. The third-order valence-corrected chi connectivity index (χ3v) is 3.75. The van der Waals surface area contributed by atoms with Gasteiger partial charge in [0.15, 0.2) is 0 Å². The number of halogens is 4. The predicted molar refractivity (Wildman–Crippen MR) is 67.4 cm³/mol. The third-order valence-electron chi connectivity index (χ3n) is 3.75. The van der Waals surface area contributed by atoms with E-state index < -0.39 is 23.9 Å². The first-order chi connectivity index (χ1) is 9.77. The largest absolute Gasteiger partial charge is 0.478 e. The molecule has 0 aromatic heterocycles. The number of benzene rings is 1. The highest BCUT2D eigenvalue weighted by atomic mass is 19.4. The van der Waals surface area contributed by atoms with Gasteiger partial charge < -0.3 is 5.11 Å². The lowest BCUT2D eigenvalue weighted by molar-refractivity contribution is -0.185. The maximum atomic E-state index is 13.1. The topological polar surface area (TPSA) is 40.5 Å². The van der Waals surface area contributed by atoms with Crippen LogP contribution in [0.5, 0.6) is 0 Å². The van der Waals surface area contributed by atoms with Gasteiger partial charge >= 0.3 is 12.1 Å². The fourth-order valence-electron chi connectivity index (χ4n) is 2.54. The van der Waals surface area contributed by atoms with Gasteiger partial charge in [0.2, 0.25) is 0 Å². The van der Waals surface area contributed by atoms with Crippen LogP contribution in [-0.2, 0) is 6.54 Å². The highest BCUT2D eigenvalue weighted by Gasteiger charge is 2.41. The molecule has 0 radical (unpaired) electrons. The van der Waals surface area contributed by atoms with Crippen molar-refractivity contribution in [2.24, 2.45) is 5.92 Å². The summed E-state index contributed by atoms with van der Waals surface area (Å²) in [4.78, 5) is 12.8. The number of hydrogen-bond acceptors (Lipinski definition) is 2. The van der Waals surface area contributed by atoms with Crippen molar-refractivity contribution in [1.29, 1.82) is 0 Å². The molecule has 116 valence electrons. The van der Waals surface area contributed by atoms with Crippen LogP contribution in [0.15, 0.2) is 18.2 Å². The summed E-state index contributed by atoms with van der Waals surface area (Å²) in [6, 6.07) is 3.46. The molecule has 0 amide bonds. The summed E-state index contributed by atoms with van der Waals surface area (Å²) in [6.45, 7) is 0.716. The minimum Gasteiger partial charge on any atom is -0.478 e. The fraction of sp³-hybridized carbons (Fsp3) is 0.500. The second-order valence-electron chi connectivity index (χ2n) is 5.20. The van der Waals surface area contributed by atoms with Gasteiger partial charge in [-0.15, -0.1) is 0 Å². The van der Waals surface area contributed by atoms with Gasteiger partial charge in [-0.1, -0.05) is 6.07 Å². The van der Waals surface area contributed by atoms with Crippen molar-refractivity contribution < 1.29 is 27.5 Å². The van der Waals surface area contributed by atoms with Crippen LogP contribution in [0.4, 0.5) is 17.6 Å². The number of rotatable bonds is 3. The maximum absolute atomic E-state index is 13.1. The van der Waals surface area contributed by atoms with E-state index in [0.717, 1.165) is 12.1 Å². The first-order valence-corrected chi connectivity index (χ1v) is 6.58.